The summed E-state index contributed by atoms with van der Waals surface area (Å²) in [6.07, 6.45) is 4.88. The molecule has 19 heavy (non-hydrogen) atoms. The van der Waals surface area contributed by atoms with E-state index in [2.05, 4.69) is 49.1 Å². The highest BCUT2D eigenvalue weighted by Gasteiger charge is 2.37. The van der Waals surface area contributed by atoms with Gasteiger partial charge in [-0.3, -0.25) is 4.90 Å². The van der Waals surface area contributed by atoms with Crippen molar-refractivity contribution >= 4 is 0 Å². The first-order chi connectivity index (χ1) is 9.25. The Morgan fingerprint density at radius 1 is 1.26 bits per heavy atom. The predicted molar refractivity (Wildman–Crippen MR) is 82.4 cm³/mol. The van der Waals surface area contributed by atoms with Gasteiger partial charge in [0.05, 0.1) is 0 Å². The van der Waals surface area contributed by atoms with Crippen molar-refractivity contribution in [3.05, 3.63) is 35.9 Å². The molecule has 2 unspecified atom stereocenters. The molecule has 1 aliphatic rings. The molecule has 1 saturated heterocycles. The van der Waals surface area contributed by atoms with E-state index in [9.17, 15) is 0 Å². The molecule has 1 aromatic rings. The molecule has 2 heteroatoms. The molecule has 1 aliphatic heterocycles. The molecular formula is C17H28N2. The normalized spacial score (nSPS) is 23.4. The molecule has 1 aromatic carbocycles. The van der Waals surface area contributed by atoms with Crippen LogP contribution in [0.15, 0.2) is 30.3 Å². The van der Waals surface area contributed by atoms with Crippen molar-refractivity contribution in [1.82, 2.24) is 4.90 Å². The lowest BCUT2D eigenvalue weighted by atomic mass is 9.88. The number of hydrogen-bond acceptors (Lipinski definition) is 2. The molecule has 0 spiro atoms. The van der Waals surface area contributed by atoms with E-state index in [1.54, 1.807) is 0 Å². The second-order valence-electron chi connectivity index (χ2n) is 5.87. The van der Waals surface area contributed by atoms with Gasteiger partial charge in [0.25, 0.3) is 0 Å². The van der Waals surface area contributed by atoms with Crippen LogP contribution in [-0.2, 0) is 0 Å². The standard InChI is InChI=1S/C17H28N2/c1-3-11-17(4-2,14-18)19-12-10-16(13-19)15-8-6-5-7-9-15/h5-9,16H,3-4,10-14,18H2,1-2H3. The van der Waals surface area contributed by atoms with Crippen molar-refractivity contribution in [3.8, 4) is 0 Å². The highest BCUT2D eigenvalue weighted by Crippen LogP contribution is 2.35. The van der Waals surface area contributed by atoms with E-state index in [-0.39, 0.29) is 5.54 Å². The van der Waals surface area contributed by atoms with Gasteiger partial charge < -0.3 is 5.73 Å². The summed E-state index contributed by atoms with van der Waals surface area (Å²) in [5, 5.41) is 0. The largest absolute Gasteiger partial charge is 0.329 e. The fraction of sp³-hybridized carbons (Fsp3) is 0.647. The van der Waals surface area contributed by atoms with Crippen molar-refractivity contribution < 1.29 is 0 Å². The van der Waals surface area contributed by atoms with Gasteiger partial charge in [0.15, 0.2) is 0 Å². The second kappa shape index (κ2) is 6.53. The Labute approximate surface area is 118 Å². The summed E-state index contributed by atoms with van der Waals surface area (Å²) in [5.41, 5.74) is 7.85. The lowest BCUT2D eigenvalue weighted by molar-refractivity contribution is 0.106. The lowest BCUT2D eigenvalue weighted by Crippen LogP contribution is -2.52. The number of nitrogens with two attached hydrogens (primary N) is 1. The average molecular weight is 260 g/mol. The van der Waals surface area contributed by atoms with E-state index in [0.29, 0.717) is 5.92 Å². The molecule has 2 atom stereocenters. The van der Waals surface area contributed by atoms with Gasteiger partial charge in [0.1, 0.15) is 0 Å². The van der Waals surface area contributed by atoms with E-state index in [1.165, 1.54) is 44.3 Å². The van der Waals surface area contributed by atoms with Gasteiger partial charge in [-0.05, 0) is 37.3 Å². The van der Waals surface area contributed by atoms with Gasteiger partial charge in [-0.25, -0.2) is 0 Å². The van der Waals surface area contributed by atoms with Crippen molar-refractivity contribution in [3.63, 3.8) is 0 Å². The fourth-order valence-electron chi connectivity index (χ4n) is 3.59. The Balaban J connectivity index is 2.08. The molecule has 106 valence electrons. The van der Waals surface area contributed by atoms with Crippen molar-refractivity contribution in [2.75, 3.05) is 19.6 Å². The summed E-state index contributed by atoms with van der Waals surface area (Å²) in [6.45, 7) is 7.72. The van der Waals surface area contributed by atoms with Crippen LogP contribution in [-0.4, -0.2) is 30.1 Å². The lowest BCUT2D eigenvalue weighted by Gasteiger charge is -2.41. The number of nitrogens with zero attached hydrogens (tertiary/aromatic N) is 1. The van der Waals surface area contributed by atoms with Crippen LogP contribution < -0.4 is 5.73 Å². The first-order valence-corrected chi connectivity index (χ1v) is 7.76. The van der Waals surface area contributed by atoms with Gasteiger partial charge >= 0.3 is 0 Å². The molecule has 0 amide bonds. The highest BCUT2D eigenvalue weighted by atomic mass is 15.2. The Morgan fingerprint density at radius 3 is 2.58 bits per heavy atom. The first kappa shape index (κ1) is 14.5. The number of rotatable bonds is 6. The van der Waals surface area contributed by atoms with Gasteiger partial charge in [0, 0.05) is 18.6 Å². The molecule has 2 N–H and O–H groups in total. The van der Waals surface area contributed by atoms with Crippen LogP contribution in [0.4, 0.5) is 0 Å². The van der Waals surface area contributed by atoms with E-state index in [4.69, 9.17) is 5.73 Å². The summed E-state index contributed by atoms with van der Waals surface area (Å²) < 4.78 is 0. The number of hydrogen-bond donors (Lipinski definition) is 1. The van der Waals surface area contributed by atoms with Crippen molar-refractivity contribution in [2.24, 2.45) is 5.73 Å². The second-order valence-corrected chi connectivity index (χ2v) is 5.87. The molecule has 1 heterocycles. The quantitative estimate of drug-likeness (QED) is 0.849. The molecule has 0 aromatic heterocycles. The van der Waals surface area contributed by atoms with Gasteiger partial charge in [-0.1, -0.05) is 50.6 Å². The van der Waals surface area contributed by atoms with Crippen LogP contribution in [0.2, 0.25) is 0 Å². The van der Waals surface area contributed by atoms with E-state index < -0.39 is 0 Å². The van der Waals surface area contributed by atoms with E-state index in [1.807, 2.05) is 0 Å². The molecular weight excluding hydrogens is 232 g/mol. The van der Waals surface area contributed by atoms with Crippen molar-refractivity contribution in [2.45, 2.75) is 51.0 Å². The first-order valence-electron chi connectivity index (χ1n) is 7.76. The Hall–Kier alpha value is -0.860. The smallest absolute Gasteiger partial charge is 0.0329 e. The summed E-state index contributed by atoms with van der Waals surface area (Å²) in [5.74, 6) is 0.690. The topological polar surface area (TPSA) is 29.3 Å². The third-order valence-electron chi connectivity index (χ3n) is 4.88. The molecule has 1 fully saturated rings. The van der Waals surface area contributed by atoms with Crippen LogP contribution in [0.3, 0.4) is 0 Å². The minimum absolute atomic E-state index is 0.234. The van der Waals surface area contributed by atoms with Crippen LogP contribution in [0.1, 0.15) is 51.0 Å². The molecule has 2 nitrogen and oxygen atoms in total. The zero-order valence-corrected chi connectivity index (χ0v) is 12.4. The van der Waals surface area contributed by atoms with Crippen LogP contribution in [0.5, 0.6) is 0 Å². The van der Waals surface area contributed by atoms with Crippen molar-refractivity contribution in [1.29, 1.82) is 0 Å². The highest BCUT2D eigenvalue weighted by molar-refractivity contribution is 5.21. The van der Waals surface area contributed by atoms with Gasteiger partial charge in [-0.15, -0.1) is 0 Å². The van der Waals surface area contributed by atoms with Crippen LogP contribution >= 0.6 is 0 Å². The average Bonchev–Trinajstić information content (AvgIpc) is 2.96. The third kappa shape index (κ3) is 3.01. The van der Waals surface area contributed by atoms with Gasteiger partial charge in [0.2, 0.25) is 0 Å². The van der Waals surface area contributed by atoms with E-state index in [0.717, 1.165) is 6.54 Å². The molecule has 0 saturated carbocycles. The zero-order chi connectivity index (χ0) is 13.7. The summed E-state index contributed by atoms with van der Waals surface area (Å²) in [6, 6.07) is 10.9. The maximum absolute atomic E-state index is 6.13. The van der Waals surface area contributed by atoms with Crippen LogP contribution in [0.25, 0.3) is 0 Å². The molecule has 0 bridgehead atoms. The minimum atomic E-state index is 0.234. The molecule has 0 radical (unpaired) electrons. The summed E-state index contributed by atoms with van der Waals surface area (Å²) >= 11 is 0. The molecule has 0 aliphatic carbocycles. The van der Waals surface area contributed by atoms with E-state index >= 15 is 0 Å². The molecule has 2 rings (SSSR count). The number of likely N-dealkylation sites (tertiary alicyclic amines) is 1. The maximum atomic E-state index is 6.13. The SMILES string of the molecule is CCCC(CC)(CN)N1CCC(c2ccccc2)C1. The predicted octanol–water partition coefficient (Wildman–Crippen LogP) is 3.38. The monoisotopic (exact) mass is 260 g/mol. The Bertz CT molecular complexity index is 370. The summed E-state index contributed by atoms with van der Waals surface area (Å²) in [4.78, 5) is 2.66. The number of benzene rings is 1. The zero-order valence-electron chi connectivity index (χ0n) is 12.4. The third-order valence-corrected chi connectivity index (χ3v) is 4.88. The maximum Gasteiger partial charge on any atom is 0.0329 e. The van der Waals surface area contributed by atoms with Crippen LogP contribution in [0, 0.1) is 0 Å². The van der Waals surface area contributed by atoms with Gasteiger partial charge in [-0.2, -0.15) is 0 Å². The fourth-order valence-corrected chi connectivity index (χ4v) is 3.59. The Kier molecular flexibility index (Phi) is 5.00. The Morgan fingerprint density at radius 2 is 2.00 bits per heavy atom. The summed E-state index contributed by atoms with van der Waals surface area (Å²) in [7, 11) is 0. The minimum Gasteiger partial charge on any atom is -0.329 e.